The van der Waals surface area contributed by atoms with Gasteiger partial charge < -0.3 is 15.4 Å². The second-order valence-electron chi connectivity index (χ2n) is 5.61. The highest BCUT2D eigenvalue weighted by Gasteiger charge is 2.16. The monoisotopic (exact) mass is 345 g/mol. The summed E-state index contributed by atoms with van der Waals surface area (Å²) in [5.41, 5.74) is 1.08. The fraction of sp³-hybridized carbons (Fsp3) is 0.412. The lowest BCUT2D eigenvalue weighted by molar-refractivity contribution is -0.119. The SMILES string of the molecule is CCCCC(=O)Nc1cc(NC(=O)[C@H](C)n2cncn2)ccc1OC. The van der Waals surface area contributed by atoms with E-state index in [1.54, 1.807) is 25.1 Å². The van der Waals surface area contributed by atoms with Crippen molar-refractivity contribution in [1.29, 1.82) is 0 Å². The number of unbranched alkanes of at least 4 members (excludes halogenated alkanes) is 1. The number of carbonyl (C=O) groups excluding carboxylic acids is 2. The molecule has 8 nitrogen and oxygen atoms in total. The maximum Gasteiger partial charge on any atom is 0.249 e. The van der Waals surface area contributed by atoms with Crippen molar-refractivity contribution in [2.45, 2.75) is 39.2 Å². The molecule has 8 heteroatoms. The molecule has 0 unspecified atom stereocenters. The van der Waals surface area contributed by atoms with Crippen LogP contribution in [0.3, 0.4) is 0 Å². The summed E-state index contributed by atoms with van der Waals surface area (Å²) in [5.74, 6) is 0.214. The van der Waals surface area contributed by atoms with Crippen molar-refractivity contribution in [3.05, 3.63) is 30.9 Å². The van der Waals surface area contributed by atoms with Gasteiger partial charge in [0.2, 0.25) is 11.8 Å². The van der Waals surface area contributed by atoms with Crippen LogP contribution in [0.15, 0.2) is 30.9 Å². The maximum atomic E-state index is 12.3. The lowest BCUT2D eigenvalue weighted by Gasteiger charge is -2.15. The average Bonchev–Trinajstić information content (AvgIpc) is 3.14. The van der Waals surface area contributed by atoms with Crippen LogP contribution in [0, 0.1) is 0 Å². The Morgan fingerprint density at radius 2 is 2.12 bits per heavy atom. The smallest absolute Gasteiger partial charge is 0.249 e. The normalized spacial score (nSPS) is 11.6. The number of amides is 2. The first-order valence-corrected chi connectivity index (χ1v) is 8.18. The predicted molar refractivity (Wildman–Crippen MR) is 94.5 cm³/mol. The molecule has 2 amide bonds. The van der Waals surface area contributed by atoms with E-state index in [2.05, 4.69) is 20.7 Å². The van der Waals surface area contributed by atoms with Crippen molar-refractivity contribution in [2.24, 2.45) is 0 Å². The third kappa shape index (κ3) is 5.03. The molecular weight excluding hydrogens is 322 g/mol. The van der Waals surface area contributed by atoms with Gasteiger partial charge in [0.05, 0.1) is 12.8 Å². The second-order valence-corrected chi connectivity index (χ2v) is 5.61. The molecule has 0 fully saturated rings. The number of hydrogen-bond acceptors (Lipinski definition) is 5. The van der Waals surface area contributed by atoms with Gasteiger partial charge in [-0.25, -0.2) is 9.67 Å². The van der Waals surface area contributed by atoms with E-state index in [1.165, 1.54) is 24.4 Å². The minimum absolute atomic E-state index is 0.0837. The van der Waals surface area contributed by atoms with E-state index in [0.29, 0.717) is 23.5 Å². The number of methoxy groups -OCH3 is 1. The van der Waals surface area contributed by atoms with Gasteiger partial charge in [0.15, 0.2) is 0 Å². The summed E-state index contributed by atoms with van der Waals surface area (Å²) in [7, 11) is 1.53. The molecule has 2 N–H and O–H groups in total. The van der Waals surface area contributed by atoms with Gasteiger partial charge >= 0.3 is 0 Å². The number of benzene rings is 1. The molecule has 0 aliphatic carbocycles. The number of hydrogen-bond donors (Lipinski definition) is 2. The number of aromatic nitrogens is 3. The molecule has 1 aromatic carbocycles. The first-order chi connectivity index (χ1) is 12.0. The fourth-order valence-electron chi connectivity index (χ4n) is 2.22. The number of rotatable bonds is 8. The summed E-state index contributed by atoms with van der Waals surface area (Å²) in [5, 5.41) is 9.59. The van der Waals surface area contributed by atoms with Crippen molar-refractivity contribution < 1.29 is 14.3 Å². The highest BCUT2D eigenvalue weighted by atomic mass is 16.5. The van der Waals surface area contributed by atoms with Crippen LogP contribution in [0.25, 0.3) is 0 Å². The summed E-state index contributed by atoms with van der Waals surface area (Å²) in [6.07, 6.45) is 5.07. The third-order valence-electron chi connectivity index (χ3n) is 3.71. The quantitative estimate of drug-likeness (QED) is 0.766. The standard InChI is InChI=1S/C17H23N5O3/c1-4-5-6-16(23)21-14-9-13(7-8-15(14)25-3)20-17(24)12(2)22-11-18-10-19-22/h7-12H,4-6H2,1-3H3,(H,20,24)(H,21,23)/t12-/m0/s1. The molecular formula is C17H23N5O3. The highest BCUT2D eigenvalue weighted by molar-refractivity contribution is 5.96. The lowest BCUT2D eigenvalue weighted by atomic mass is 10.2. The van der Waals surface area contributed by atoms with Crippen LogP contribution >= 0.6 is 0 Å². The summed E-state index contributed by atoms with van der Waals surface area (Å²) in [6.45, 7) is 3.75. The van der Waals surface area contributed by atoms with E-state index in [9.17, 15) is 9.59 Å². The zero-order chi connectivity index (χ0) is 18.2. The van der Waals surface area contributed by atoms with E-state index in [1.807, 2.05) is 6.92 Å². The van der Waals surface area contributed by atoms with Gasteiger partial charge in [-0.1, -0.05) is 13.3 Å². The van der Waals surface area contributed by atoms with Gasteiger partial charge in [0.25, 0.3) is 0 Å². The molecule has 1 aromatic heterocycles. The summed E-state index contributed by atoms with van der Waals surface area (Å²) < 4.78 is 6.73. The first-order valence-electron chi connectivity index (χ1n) is 8.18. The summed E-state index contributed by atoms with van der Waals surface area (Å²) in [6, 6.07) is 4.58. The van der Waals surface area contributed by atoms with Crippen molar-refractivity contribution in [2.75, 3.05) is 17.7 Å². The van der Waals surface area contributed by atoms with E-state index in [0.717, 1.165) is 12.8 Å². The molecule has 0 spiro atoms. The largest absolute Gasteiger partial charge is 0.495 e. The van der Waals surface area contributed by atoms with Gasteiger partial charge in [-0.2, -0.15) is 5.10 Å². The molecule has 0 saturated carbocycles. The van der Waals surface area contributed by atoms with Gasteiger partial charge in [-0.15, -0.1) is 0 Å². The van der Waals surface area contributed by atoms with E-state index in [-0.39, 0.29) is 11.8 Å². The lowest BCUT2D eigenvalue weighted by Crippen LogP contribution is -2.24. The van der Waals surface area contributed by atoms with Crippen LogP contribution < -0.4 is 15.4 Å². The Bertz CT molecular complexity index is 715. The van der Waals surface area contributed by atoms with Gasteiger partial charge in [-0.3, -0.25) is 9.59 Å². The van der Waals surface area contributed by atoms with Crippen LogP contribution in [-0.4, -0.2) is 33.7 Å². The zero-order valence-electron chi connectivity index (χ0n) is 14.7. The maximum absolute atomic E-state index is 12.3. The Hall–Kier alpha value is -2.90. The summed E-state index contributed by atoms with van der Waals surface area (Å²) in [4.78, 5) is 28.1. The summed E-state index contributed by atoms with van der Waals surface area (Å²) >= 11 is 0. The number of nitrogens with one attached hydrogen (secondary N) is 2. The van der Waals surface area contributed by atoms with Gasteiger partial charge in [0.1, 0.15) is 24.4 Å². The fourth-order valence-corrected chi connectivity index (χ4v) is 2.22. The van der Waals surface area contributed by atoms with Gasteiger partial charge in [0, 0.05) is 12.1 Å². The zero-order valence-corrected chi connectivity index (χ0v) is 14.7. The van der Waals surface area contributed by atoms with Crippen molar-refractivity contribution in [3.8, 4) is 5.75 Å². The van der Waals surface area contributed by atoms with E-state index < -0.39 is 6.04 Å². The molecule has 2 aromatic rings. The van der Waals surface area contributed by atoms with Crippen molar-refractivity contribution in [3.63, 3.8) is 0 Å². The topological polar surface area (TPSA) is 98.1 Å². The van der Waals surface area contributed by atoms with E-state index >= 15 is 0 Å². The first kappa shape index (κ1) is 18.4. The Kier molecular flexibility index (Phi) is 6.50. The Morgan fingerprint density at radius 1 is 1.32 bits per heavy atom. The molecule has 134 valence electrons. The molecule has 0 aliphatic rings. The Labute approximate surface area is 146 Å². The highest BCUT2D eigenvalue weighted by Crippen LogP contribution is 2.28. The van der Waals surface area contributed by atoms with Crippen LogP contribution in [0.1, 0.15) is 39.2 Å². The molecule has 0 radical (unpaired) electrons. The van der Waals surface area contributed by atoms with E-state index in [4.69, 9.17) is 4.74 Å². The van der Waals surface area contributed by atoms with Crippen LogP contribution in [-0.2, 0) is 9.59 Å². The molecule has 25 heavy (non-hydrogen) atoms. The molecule has 0 bridgehead atoms. The van der Waals surface area contributed by atoms with Crippen molar-refractivity contribution in [1.82, 2.24) is 14.8 Å². The second kappa shape index (κ2) is 8.81. The minimum atomic E-state index is -0.507. The Balaban J connectivity index is 2.09. The average molecular weight is 345 g/mol. The molecule has 0 aliphatic heterocycles. The van der Waals surface area contributed by atoms with Crippen molar-refractivity contribution >= 4 is 23.2 Å². The minimum Gasteiger partial charge on any atom is -0.495 e. The molecule has 1 atom stereocenters. The Morgan fingerprint density at radius 3 is 2.76 bits per heavy atom. The number of ether oxygens (including phenoxy) is 1. The predicted octanol–water partition coefficient (Wildman–Crippen LogP) is 2.62. The van der Waals surface area contributed by atoms with Crippen LogP contribution in [0.2, 0.25) is 0 Å². The van der Waals surface area contributed by atoms with Crippen LogP contribution in [0.5, 0.6) is 5.75 Å². The van der Waals surface area contributed by atoms with Gasteiger partial charge in [-0.05, 0) is 31.5 Å². The molecule has 1 heterocycles. The third-order valence-corrected chi connectivity index (χ3v) is 3.71. The number of carbonyl (C=O) groups is 2. The number of nitrogens with zero attached hydrogens (tertiary/aromatic N) is 3. The molecule has 0 saturated heterocycles. The number of anilines is 2. The molecule has 2 rings (SSSR count). The van der Waals surface area contributed by atoms with Crippen LogP contribution in [0.4, 0.5) is 11.4 Å².